The number of fused-ring (bicyclic) bond motifs is 1. The summed E-state index contributed by atoms with van der Waals surface area (Å²) in [6.45, 7) is 4.34. The molecule has 0 aliphatic heterocycles. The third-order valence-electron chi connectivity index (χ3n) is 3.74. The fourth-order valence-corrected chi connectivity index (χ4v) is 2.53. The lowest BCUT2D eigenvalue weighted by Crippen LogP contribution is -2.32. The highest BCUT2D eigenvalue weighted by Gasteiger charge is 2.15. The number of ether oxygens (including phenoxy) is 1. The zero-order chi connectivity index (χ0) is 17.8. The van der Waals surface area contributed by atoms with E-state index in [1.165, 1.54) is 10.6 Å². The van der Waals surface area contributed by atoms with Crippen molar-refractivity contribution in [1.29, 1.82) is 0 Å². The van der Waals surface area contributed by atoms with Gasteiger partial charge in [-0.3, -0.25) is 14.0 Å². The van der Waals surface area contributed by atoms with Gasteiger partial charge in [0.2, 0.25) is 5.88 Å². The number of carbonyl (C=O) groups excluding carboxylic acids is 1. The van der Waals surface area contributed by atoms with Crippen molar-refractivity contribution < 1.29 is 9.53 Å². The summed E-state index contributed by atoms with van der Waals surface area (Å²) in [5.74, 6) is -0.0176. The highest BCUT2D eigenvalue weighted by atomic mass is 16.5. The number of aromatic nitrogens is 3. The first kappa shape index (κ1) is 16.6. The molecule has 0 aromatic carbocycles. The molecule has 7 heteroatoms. The summed E-state index contributed by atoms with van der Waals surface area (Å²) in [6.07, 6.45) is 2.93. The molecule has 128 valence electrons. The van der Waals surface area contributed by atoms with E-state index in [1.807, 2.05) is 19.1 Å². The molecule has 0 fully saturated rings. The molecule has 3 rings (SSSR count). The number of pyridine rings is 2. The fourth-order valence-electron chi connectivity index (χ4n) is 2.53. The van der Waals surface area contributed by atoms with Crippen molar-refractivity contribution in [2.24, 2.45) is 0 Å². The second kappa shape index (κ2) is 7.12. The second-order valence-electron chi connectivity index (χ2n) is 5.42. The van der Waals surface area contributed by atoms with Gasteiger partial charge in [-0.2, -0.15) is 0 Å². The van der Waals surface area contributed by atoms with Gasteiger partial charge in [-0.15, -0.1) is 0 Å². The standard InChI is InChI=1S/C18H18N4O3/c1-3-25-17-13(7-5-9-19-17)10-21-16(23)14-11-20-15-8-4-6-12(2)22(15)18(14)24/h4-9,11H,3,10H2,1-2H3,(H,21,23). The van der Waals surface area contributed by atoms with Crippen LogP contribution in [0.5, 0.6) is 5.88 Å². The first-order valence-electron chi connectivity index (χ1n) is 7.94. The van der Waals surface area contributed by atoms with Crippen LogP contribution in [0.15, 0.2) is 47.5 Å². The Labute approximate surface area is 144 Å². The van der Waals surface area contributed by atoms with Crippen LogP contribution in [-0.2, 0) is 6.54 Å². The second-order valence-corrected chi connectivity index (χ2v) is 5.42. The number of carbonyl (C=O) groups is 1. The highest BCUT2D eigenvalue weighted by Crippen LogP contribution is 2.13. The SMILES string of the molecule is CCOc1ncccc1CNC(=O)c1cnc2cccc(C)n2c1=O. The van der Waals surface area contributed by atoms with E-state index in [-0.39, 0.29) is 12.1 Å². The van der Waals surface area contributed by atoms with Crippen LogP contribution < -0.4 is 15.6 Å². The average Bonchev–Trinajstić information content (AvgIpc) is 2.61. The van der Waals surface area contributed by atoms with E-state index in [4.69, 9.17) is 4.74 Å². The minimum atomic E-state index is -0.485. The number of amides is 1. The number of hydrogen-bond acceptors (Lipinski definition) is 5. The molecule has 0 aliphatic carbocycles. The van der Waals surface area contributed by atoms with E-state index in [1.54, 1.807) is 31.3 Å². The van der Waals surface area contributed by atoms with Crippen molar-refractivity contribution in [3.63, 3.8) is 0 Å². The van der Waals surface area contributed by atoms with E-state index in [0.29, 0.717) is 18.1 Å². The largest absolute Gasteiger partial charge is 0.478 e. The maximum absolute atomic E-state index is 12.6. The molecule has 0 saturated heterocycles. The maximum atomic E-state index is 12.6. The minimum Gasteiger partial charge on any atom is -0.478 e. The van der Waals surface area contributed by atoms with E-state index >= 15 is 0 Å². The smallest absolute Gasteiger partial charge is 0.270 e. The molecule has 7 nitrogen and oxygen atoms in total. The van der Waals surface area contributed by atoms with Gasteiger partial charge in [-0.05, 0) is 32.0 Å². The Morgan fingerprint density at radius 2 is 2.08 bits per heavy atom. The van der Waals surface area contributed by atoms with Gasteiger partial charge >= 0.3 is 0 Å². The van der Waals surface area contributed by atoms with Gasteiger partial charge in [0, 0.05) is 30.2 Å². The average molecular weight is 338 g/mol. The Balaban J connectivity index is 1.85. The number of nitrogens with one attached hydrogen (secondary N) is 1. The summed E-state index contributed by atoms with van der Waals surface area (Å²) in [6, 6.07) is 8.91. The lowest BCUT2D eigenvalue weighted by molar-refractivity contribution is 0.0948. The van der Waals surface area contributed by atoms with Crippen LogP contribution in [0.3, 0.4) is 0 Å². The number of aryl methyl sites for hydroxylation is 1. The van der Waals surface area contributed by atoms with E-state index in [0.717, 1.165) is 11.3 Å². The topological polar surface area (TPSA) is 85.6 Å². The number of hydrogen-bond donors (Lipinski definition) is 1. The van der Waals surface area contributed by atoms with Gasteiger partial charge in [-0.25, -0.2) is 9.97 Å². The number of rotatable bonds is 5. The molecule has 3 aromatic rings. The fraction of sp³-hybridized carbons (Fsp3) is 0.222. The third kappa shape index (κ3) is 3.35. The van der Waals surface area contributed by atoms with Crippen LogP contribution in [0.2, 0.25) is 0 Å². The van der Waals surface area contributed by atoms with Crippen LogP contribution in [0.1, 0.15) is 28.5 Å². The first-order valence-corrected chi connectivity index (χ1v) is 7.94. The molecule has 3 aromatic heterocycles. The molecule has 0 unspecified atom stereocenters. The minimum absolute atomic E-state index is 0.00588. The maximum Gasteiger partial charge on any atom is 0.270 e. The van der Waals surface area contributed by atoms with Crippen molar-refractivity contribution in [2.45, 2.75) is 20.4 Å². The lowest BCUT2D eigenvalue weighted by atomic mass is 10.2. The quantitative estimate of drug-likeness (QED) is 0.766. The van der Waals surface area contributed by atoms with E-state index in [9.17, 15) is 9.59 Å². The Morgan fingerprint density at radius 1 is 1.24 bits per heavy atom. The molecule has 1 N–H and O–H groups in total. The normalized spacial score (nSPS) is 10.6. The molecule has 0 spiro atoms. The first-order chi connectivity index (χ1) is 12.1. The Bertz CT molecular complexity index is 981. The molecule has 0 saturated carbocycles. The van der Waals surface area contributed by atoms with Crippen molar-refractivity contribution >= 4 is 11.6 Å². The van der Waals surface area contributed by atoms with Crippen molar-refractivity contribution in [2.75, 3.05) is 6.61 Å². The van der Waals surface area contributed by atoms with Crippen LogP contribution in [0, 0.1) is 6.92 Å². The summed E-state index contributed by atoms with van der Waals surface area (Å²) in [5.41, 5.74) is 1.57. The predicted octanol–water partition coefficient (Wildman–Crippen LogP) is 1.73. The summed E-state index contributed by atoms with van der Waals surface area (Å²) < 4.78 is 6.85. The number of nitrogens with zero attached hydrogens (tertiary/aromatic N) is 3. The van der Waals surface area contributed by atoms with Crippen molar-refractivity contribution in [1.82, 2.24) is 19.7 Å². The van der Waals surface area contributed by atoms with Crippen molar-refractivity contribution in [3.8, 4) is 5.88 Å². The molecule has 0 radical (unpaired) electrons. The molecule has 0 aliphatic rings. The summed E-state index contributed by atoms with van der Waals surface area (Å²) in [7, 11) is 0. The van der Waals surface area contributed by atoms with E-state index < -0.39 is 11.5 Å². The summed E-state index contributed by atoms with van der Waals surface area (Å²) >= 11 is 0. The molecule has 1 amide bonds. The van der Waals surface area contributed by atoms with Gasteiger partial charge in [0.25, 0.3) is 11.5 Å². The van der Waals surface area contributed by atoms with Crippen LogP contribution >= 0.6 is 0 Å². The predicted molar refractivity (Wildman–Crippen MR) is 92.8 cm³/mol. The van der Waals surface area contributed by atoms with Crippen LogP contribution in [-0.4, -0.2) is 26.9 Å². The summed E-state index contributed by atoms with van der Waals surface area (Å²) in [5, 5.41) is 2.73. The summed E-state index contributed by atoms with van der Waals surface area (Å²) in [4.78, 5) is 33.4. The molecule has 0 atom stereocenters. The zero-order valence-electron chi connectivity index (χ0n) is 14.0. The van der Waals surface area contributed by atoms with Gasteiger partial charge in [0.05, 0.1) is 6.61 Å². The monoisotopic (exact) mass is 338 g/mol. The van der Waals surface area contributed by atoms with Gasteiger partial charge in [0.1, 0.15) is 11.2 Å². The molecule has 25 heavy (non-hydrogen) atoms. The molecule has 3 heterocycles. The molecular formula is C18H18N4O3. The van der Waals surface area contributed by atoms with Crippen LogP contribution in [0.25, 0.3) is 5.65 Å². The lowest BCUT2D eigenvalue weighted by Gasteiger charge is -2.10. The Hall–Kier alpha value is -3.22. The van der Waals surface area contributed by atoms with Gasteiger partial charge in [0.15, 0.2) is 0 Å². The van der Waals surface area contributed by atoms with Gasteiger partial charge in [-0.1, -0.05) is 12.1 Å². The third-order valence-corrected chi connectivity index (χ3v) is 3.74. The van der Waals surface area contributed by atoms with Crippen LogP contribution in [0.4, 0.5) is 0 Å². The Kier molecular flexibility index (Phi) is 4.74. The Morgan fingerprint density at radius 3 is 2.88 bits per heavy atom. The van der Waals surface area contributed by atoms with E-state index in [2.05, 4.69) is 15.3 Å². The highest BCUT2D eigenvalue weighted by molar-refractivity contribution is 5.93. The zero-order valence-corrected chi connectivity index (χ0v) is 14.0. The molecule has 0 bridgehead atoms. The molecular weight excluding hydrogens is 320 g/mol. The van der Waals surface area contributed by atoms with Gasteiger partial charge < -0.3 is 10.1 Å². The van der Waals surface area contributed by atoms with Crippen molar-refractivity contribution in [3.05, 3.63) is 69.9 Å².